The van der Waals surface area contributed by atoms with Gasteiger partial charge in [-0.2, -0.15) is 0 Å². The summed E-state index contributed by atoms with van der Waals surface area (Å²) in [6.07, 6.45) is 6.06. The van der Waals surface area contributed by atoms with Crippen molar-refractivity contribution in [2.45, 2.75) is 70.6 Å². The van der Waals surface area contributed by atoms with Crippen LogP contribution in [0.5, 0.6) is 0 Å². The van der Waals surface area contributed by atoms with Gasteiger partial charge in [0.05, 0.1) is 38.6 Å². The Kier molecular flexibility index (Phi) is 11.8. The number of aliphatic hydroxyl groups is 1. The lowest BCUT2D eigenvalue weighted by molar-refractivity contribution is -0.117. The quantitative estimate of drug-likeness (QED) is 0.244. The number of ether oxygens (including phenoxy) is 3. The van der Waals surface area contributed by atoms with Gasteiger partial charge in [0.2, 0.25) is 5.91 Å². The second-order valence-electron chi connectivity index (χ2n) is 10.3. The van der Waals surface area contributed by atoms with E-state index in [4.69, 9.17) is 14.2 Å². The van der Waals surface area contributed by atoms with Gasteiger partial charge in [-0.3, -0.25) is 9.69 Å². The van der Waals surface area contributed by atoms with Gasteiger partial charge in [-0.25, -0.2) is 4.79 Å². The van der Waals surface area contributed by atoms with Gasteiger partial charge in [0.1, 0.15) is 11.5 Å². The smallest absolute Gasteiger partial charge is 0.348 e. The summed E-state index contributed by atoms with van der Waals surface area (Å²) in [7, 11) is 0. The fourth-order valence-corrected chi connectivity index (χ4v) is 5.91. The van der Waals surface area contributed by atoms with Crippen molar-refractivity contribution in [3.8, 4) is 0 Å². The van der Waals surface area contributed by atoms with Crippen LogP contribution >= 0.6 is 11.3 Å². The van der Waals surface area contributed by atoms with Crippen molar-refractivity contribution in [3.63, 3.8) is 0 Å². The van der Waals surface area contributed by atoms with Gasteiger partial charge in [0.15, 0.2) is 0 Å². The van der Waals surface area contributed by atoms with Crippen molar-refractivity contribution in [2.24, 2.45) is 0 Å². The van der Waals surface area contributed by atoms with Gasteiger partial charge >= 0.3 is 5.97 Å². The van der Waals surface area contributed by atoms with Gasteiger partial charge in [-0.15, -0.1) is 11.3 Å². The van der Waals surface area contributed by atoms with Crippen LogP contribution in [-0.4, -0.2) is 74.0 Å². The Bertz CT molecular complexity index is 1040. The average Bonchev–Trinajstić information content (AvgIpc) is 3.58. The number of nitrogens with zero attached hydrogens (tertiary/aromatic N) is 2. The average molecular weight is 559 g/mol. The Morgan fingerprint density at radius 3 is 2.69 bits per heavy atom. The molecule has 2 saturated heterocycles. The number of aliphatic hydroxyl groups excluding tert-OH is 1. The van der Waals surface area contributed by atoms with Crippen LogP contribution < -0.4 is 4.90 Å². The van der Waals surface area contributed by atoms with Crippen molar-refractivity contribution in [1.29, 1.82) is 0 Å². The Balaban J connectivity index is 1.21. The molecule has 2 atom stereocenters. The third-order valence-corrected chi connectivity index (χ3v) is 8.41. The van der Waals surface area contributed by atoms with E-state index in [0.29, 0.717) is 31.1 Å². The molecule has 2 aromatic rings. The van der Waals surface area contributed by atoms with Crippen LogP contribution in [0, 0.1) is 0 Å². The van der Waals surface area contributed by atoms with E-state index >= 15 is 0 Å². The standard InChI is InChI=1S/C30H42N2O6S/c1-2-3-4-5-6-27(33)23-7-9-24(10-8-23)32-25(11-14-29(32)34)21-37-22-26-12-13-28(39-26)30(35)38-20-17-31-15-18-36-19-16-31/h7-10,12-13,25,27,33H,2-6,11,14-22H2,1H3/t25-,27+/m1/s1. The Hall–Kier alpha value is -2.30. The predicted octanol–water partition coefficient (Wildman–Crippen LogP) is 4.95. The number of rotatable bonds is 15. The highest BCUT2D eigenvalue weighted by Gasteiger charge is 2.32. The van der Waals surface area contributed by atoms with Crippen molar-refractivity contribution < 1.29 is 28.9 Å². The lowest BCUT2D eigenvalue weighted by atomic mass is 10.0. The van der Waals surface area contributed by atoms with Crippen molar-refractivity contribution in [3.05, 3.63) is 51.7 Å². The molecule has 8 nitrogen and oxygen atoms in total. The molecule has 1 N–H and O–H groups in total. The molecule has 39 heavy (non-hydrogen) atoms. The number of morpholine rings is 1. The van der Waals surface area contributed by atoms with Gasteiger partial charge in [0, 0.05) is 36.6 Å². The number of thiophene rings is 1. The zero-order valence-corrected chi connectivity index (χ0v) is 23.8. The zero-order valence-electron chi connectivity index (χ0n) is 23.0. The van der Waals surface area contributed by atoms with Crippen molar-refractivity contribution in [2.75, 3.05) is 51.0 Å². The maximum atomic E-state index is 12.7. The fraction of sp³-hybridized carbons (Fsp3) is 0.600. The minimum atomic E-state index is -0.470. The molecular formula is C30H42N2O6S. The highest BCUT2D eigenvalue weighted by atomic mass is 32.1. The third kappa shape index (κ3) is 8.85. The zero-order chi connectivity index (χ0) is 27.5. The van der Waals surface area contributed by atoms with Gasteiger partial charge in [-0.1, -0.05) is 44.7 Å². The number of hydrogen-bond donors (Lipinski definition) is 1. The van der Waals surface area contributed by atoms with Crippen molar-refractivity contribution in [1.82, 2.24) is 4.90 Å². The third-order valence-electron chi connectivity index (χ3n) is 7.37. The molecule has 0 bridgehead atoms. The lowest BCUT2D eigenvalue weighted by Crippen LogP contribution is -2.38. The molecule has 0 aliphatic carbocycles. The summed E-state index contributed by atoms with van der Waals surface area (Å²) in [5, 5.41) is 10.5. The molecule has 9 heteroatoms. The van der Waals surface area contributed by atoms with E-state index in [0.717, 1.165) is 74.7 Å². The number of amides is 1. The SMILES string of the molecule is CCCCCC[C@H](O)c1ccc(N2C(=O)CC[C@@H]2COCc2ccc(C(=O)OCCN3CCOCC3)s2)cc1. The second-order valence-corrected chi connectivity index (χ2v) is 11.5. The summed E-state index contributed by atoms with van der Waals surface area (Å²) >= 11 is 1.38. The Labute approximate surface area is 235 Å². The van der Waals surface area contributed by atoms with E-state index in [1.807, 2.05) is 35.2 Å². The first-order valence-corrected chi connectivity index (χ1v) is 15.1. The molecular weight excluding hydrogens is 516 g/mol. The number of carbonyl (C=O) groups is 2. The van der Waals surface area contributed by atoms with Gasteiger partial charge in [0.25, 0.3) is 0 Å². The van der Waals surface area contributed by atoms with Crippen LogP contribution in [0.2, 0.25) is 0 Å². The summed E-state index contributed by atoms with van der Waals surface area (Å²) < 4.78 is 16.8. The molecule has 214 valence electrons. The second kappa shape index (κ2) is 15.5. The highest BCUT2D eigenvalue weighted by molar-refractivity contribution is 7.13. The molecule has 2 aliphatic heterocycles. The minimum absolute atomic E-state index is 0.0353. The molecule has 1 aromatic carbocycles. The number of hydrogen-bond acceptors (Lipinski definition) is 8. The van der Waals surface area contributed by atoms with Crippen LogP contribution in [-0.2, 0) is 25.6 Å². The fourth-order valence-electron chi connectivity index (χ4n) is 5.07. The maximum absolute atomic E-state index is 12.7. The summed E-state index contributed by atoms with van der Waals surface area (Å²) in [5.74, 6) is -0.212. The number of carbonyl (C=O) groups excluding carboxylic acids is 2. The molecule has 0 unspecified atom stereocenters. The first kappa shape index (κ1) is 29.7. The van der Waals surface area contributed by atoms with Gasteiger partial charge < -0.3 is 24.2 Å². The molecule has 0 radical (unpaired) electrons. The van der Waals surface area contributed by atoms with Crippen LogP contribution in [0.3, 0.4) is 0 Å². The summed E-state index contributed by atoms with van der Waals surface area (Å²) in [5.41, 5.74) is 1.73. The van der Waals surface area contributed by atoms with Crippen LogP contribution in [0.4, 0.5) is 5.69 Å². The first-order valence-electron chi connectivity index (χ1n) is 14.3. The number of unbranched alkanes of at least 4 members (excludes halogenated alkanes) is 3. The summed E-state index contributed by atoms with van der Waals surface area (Å²) in [4.78, 5) is 30.6. The first-order chi connectivity index (χ1) is 19.0. The Morgan fingerprint density at radius 2 is 1.92 bits per heavy atom. The molecule has 1 amide bonds. The largest absolute Gasteiger partial charge is 0.460 e. The maximum Gasteiger partial charge on any atom is 0.348 e. The van der Waals surface area contributed by atoms with E-state index in [1.54, 1.807) is 6.07 Å². The molecule has 2 fully saturated rings. The monoisotopic (exact) mass is 558 g/mol. The van der Waals surface area contributed by atoms with Crippen LogP contribution in [0.15, 0.2) is 36.4 Å². The summed E-state index contributed by atoms with van der Waals surface area (Å²) in [6, 6.07) is 11.4. The molecule has 2 aliphatic rings. The normalized spacial score (nSPS) is 19.0. The highest BCUT2D eigenvalue weighted by Crippen LogP contribution is 2.29. The molecule has 3 heterocycles. The van der Waals surface area contributed by atoms with Crippen molar-refractivity contribution >= 4 is 28.9 Å². The molecule has 4 rings (SSSR count). The molecule has 0 saturated carbocycles. The number of esters is 1. The van der Waals surface area contributed by atoms with E-state index in [-0.39, 0.29) is 17.9 Å². The number of anilines is 1. The van der Waals surface area contributed by atoms with Crippen LogP contribution in [0.25, 0.3) is 0 Å². The van der Waals surface area contributed by atoms with E-state index in [1.165, 1.54) is 24.2 Å². The topological polar surface area (TPSA) is 88.5 Å². The van der Waals surface area contributed by atoms with E-state index in [2.05, 4.69) is 11.8 Å². The van der Waals surface area contributed by atoms with E-state index in [9.17, 15) is 14.7 Å². The Morgan fingerprint density at radius 1 is 1.13 bits per heavy atom. The van der Waals surface area contributed by atoms with E-state index < -0.39 is 6.10 Å². The van der Waals surface area contributed by atoms with Crippen LogP contribution in [0.1, 0.15) is 78.1 Å². The summed E-state index contributed by atoms with van der Waals surface area (Å²) in [6.45, 7) is 7.26. The predicted molar refractivity (Wildman–Crippen MR) is 152 cm³/mol. The molecule has 1 aromatic heterocycles. The van der Waals surface area contributed by atoms with Gasteiger partial charge in [-0.05, 0) is 42.7 Å². The number of benzene rings is 1. The molecule has 0 spiro atoms. The lowest BCUT2D eigenvalue weighted by Gasteiger charge is -2.26. The minimum Gasteiger partial charge on any atom is -0.460 e.